The Labute approximate surface area is 302 Å². The third-order valence-corrected chi connectivity index (χ3v) is 9.02. The number of pyridine rings is 2. The SMILES string of the molecule is CNC(=O)c1cc(C(=O)CC2CC2)cc([C@@H](O)c2ccccc2OC)n1.CNC(=O)c1cc(C(=O)CC2CC2)cc([C@H](O)c2ccccc2OC)n1. The molecule has 2 atom stereocenters. The van der Waals surface area contributed by atoms with Gasteiger partial charge < -0.3 is 30.3 Å². The van der Waals surface area contributed by atoms with Gasteiger partial charge in [-0.25, -0.2) is 9.97 Å². The summed E-state index contributed by atoms with van der Waals surface area (Å²) in [6, 6.07) is 20.2. The van der Waals surface area contributed by atoms with Crippen LogP contribution in [0.1, 0.15) is 115 Å². The van der Waals surface area contributed by atoms with Crippen molar-refractivity contribution in [3.8, 4) is 11.5 Å². The zero-order valence-electron chi connectivity index (χ0n) is 29.7. The molecule has 0 radical (unpaired) electrons. The van der Waals surface area contributed by atoms with E-state index in [1.54, 1.807) is 60.7 Å². The Bertz CT molecular complexity index is 1800. The minimum Gasteiger partial charge on any atom is -0.496 e. The summed E-state index contributed by atoms with van der Waals surface area (Å²) in [6.45, 7) is 0. The standard InChI is InChI=1S/2C20H22N2O4/c2*1-21-20(25)16-11-13(17(23)9-12-7-8-12)10-15(22-16)19(24)14-5-3-4-6-18(14)26-2/h2*3-6,10-12,19,24H,7-9H2,1-2H3,(H,21,25)/t2*19-/m10/s1. The first kappa shape index (κ1) is 37.8. The van der Waals surface area contributed by atoms with Crippen LogP contribution in [0.4, 0.5) is 0 Å². The van der Waals surface area contributed by atoms with Crippen LogP contribution in [-0.2, 0) is 0 Å². The summed E-state index contributed by atoms with van der Waals surface area (Å²) in [6.07, 6.45) is 2.96. The van der Waals surface area contributed by atoms with Crippen molar-refractivity contribution in [3.63, 3.8) is 0 Å². The summed E-state index contributed by atoms with van der Waals surface area (Å²) < 4.78 is 10.6. The molecule has 12 nitrogen and oxygen atoms in total. The molecule has 6 rings (SSSR count). The van der Waals surface area contributed by atoms with Crippen molar-refractivity contribution in [2.45, 2.75) is 50.7 Å². The minimum absolute atomic E-state index is 0.0338. The van der Waals surface area contributed by atoms with E-state index >= 15 is 0 Å². The van der Waals surface area contributed by atoms with E-state index in [-0.39, 0.29) is 34.3 Å². The van der Waals surface area contributed by atoms with Gasteiger partial charge in [0, 0.05) is 49.2 Å². The number of nitrogens with zero attached hydrogens (tertiary/aromatic N) is 2. The van der Waals surface area contributed by atoms with Gasteiger partial charge in [0.1, 0.15) is 35.1 Å². The number of ether oxygens (including phenoxy) is 2. The van der Waals surface area contributed by atoms with E-state index in [0.717, 1.165) is 25.7 Å². The van der Waals surface area contributed by atoms with Gasteiger partial charge >= 0.3 is 0 Å². The third-order valence-electron chi connectivity index (χ3n) is 9.02. The number of aliphatic hydroxyl groups excluding tert-OH is 2. The van der Waals surface area contributed by atoms with Gasteiger partial charge in [0.2, 0.25) is 0 Å². The van der Waals surface area contributed by atoms with Gasteiger partial charge in [-0.05, 0) is 73.9 Å². The fourth-order valence-corrected chi connectivity index (χ4v) is 5.70. The molecule has 0 spiro atoms. The Morgan fingerprint density at radius 2 is 1.02 bits per heavy atom. The van der Waals surface area contributed by atoms with Crippen molar-refractivity contribution in [2.24, 2.45) is 11.8 Å². The first-order valence-corrected chi connectivity index (χ1v) is 17.2. The number of aromatic nitrogens is 2. The molecule has 2 saturated carbocycles. The third kappa shape index (κ3) is 9.45. The lowest BCUT2D eigenvalue weighted by Gasteiger charge is -2.16. The Kier molecular flexibility index (Phi) is 12.5. The number of rotatable bonds is 14. The summed E-state index contributed by atoms with van der Waals surface area (Å²) in [5.74, 6) is 1.01. The predicted octanol–water partition coefficient (Wildman–Crippen LogP) is 5.03. The van der Waals surface area contributed by atoms with Crippen LogP contribution < -0.4 is 20.1 Å². The van der Waals surface area contributed by atoms with E-state index in [1.807, 2.05) is 0 Å². The average molecular weight is 709 g/mol. The molecule has 272 valence electrons. The number of methoxy groups -OCH3 is 2. The van der Waals surface area contributed by atoms with Crippen molar-refractivity contribution < 1.29 is 38.9 Å². The highest BCUT2D eigenvalue weighted by atomic mass is 16.5. The second-order valence-electron chi connectivity index (χ2n) is 12.9. The summed E-state index contributed by atoms with van der Waals surface area (Å²) in [7, 11) is 6.03. The first-order valence-electron chi connectivity index (χ1n) is 17.2. The van der Waals surface area contributed by atoms with Crippen molar-refractivity contribution in [1.29, 1.82) is 0 Å². The number of aliphatic hydroxyl groups is 2. The number of ketones is 2. The molecule has 2 heterocycles. The molecule has 4 aromatic rings. The van der Waals surface area contributed by atoms with E-state index in [9.17, 15) is 29.4 Å². The highest BCUT2D eigenvalue weighted by molar-refractivity contribution is 6.00. The second-order valence-corrected chi connectivity index (χ2v) is 12.9. The molecular formula is C40H44N4O8. The van der Waals surface area contributed by atoms with Crippen LogP contribution in [0.25, 0.3) is 0 Å². The zero-order chi connectivity index (χ0) is 37.4. The van der Waals surface area contributed by atoms with Gasteiger partial charge in [0.15, 0.2) is 11.6 Å². The number of para-hydroxylation sites is 2. The maximum atomic E-state index is 12.5. The highest BCUT2D eigenvalue weighted by Crippen LogP contribution is 2.36. The van der Waals surface area contributed by atoms with Crippen LogP contribution in [0.2, 0.25) is 0 Å². The smallest absolute Gasteiger partial charge is 0.269 e. The molecule has 2 aliphatic rings. The molecule has 12 heteroatoms. The van der Waals surface area contributed by atoms with Crippen molar-refractivity contribution in [2.75, 3.05) is 28.3 Å². The second kappa shape index (κ2) is 17.2. The van der Waals surface area contributed by atoms with E-state index in [2.05, 4.69) is 20.6 Å². The van der Waals surface area contributed by atoms with Crippen molar-refractivity contribution >= 4 is 23.4 Å². The predicted molar refractivity (Wildman–Crippen MR) is 193 cm³/mol. The lowest BCUT2D eigenvalue weighted by Crippen LogP contribution is -2.21. The van der Waals surface area contributed by atoms with Crippen LogP contribution in [0.3, 0.4) is 0 Å². The van der Waals surface area contributed by atoms with E-state index in [1.165, 1.54) is 40.4 Å². The fourth-order valence-electron chi connectivity index (χ4n) is 5.70. The van der Waals surface area contributed by atoms with Gasteiger partial charge in [-0.2, -0.15) is 0 Å². The fraction of sp³-hybridized carbons (Fsp3) is 0.350. The molecule has 2 fully saturated rings. The summed E-state index contributed by atoms with van der Waals surface area (Å²) in [4.78, 5) is 57.7. The maximum absolute atomic E-state index is 12.5. The molecule has 2 aromatic heterocycles. The monoisotopic (exact) mass is 708 g/mol. The van der Waals surface area contributed by atoms with Crippen molar-refractivity contribution in [1.82, 2.24) is 20.6 Å². The van der Waals surface area contributed by atoms with Crippen LogP contribution in [0.5, 0.6) is 11.5 Å². The molecule has 2 aromatic carbocycles. The number of Topliss-reactive ketones (excluding diaryl/α,β-unsaturated/α-hetero) is 2. The van der Waals surface area contributed by atoms with Crippen LogP contribution >= 0.6 is 0 Å². The Balaban J connectivity index is 0.000000201. The number of benzene rings is 2. The molecule has 2 amide bonds. The molecule has 0 aliphatic heterocycles. The highest BCUT2D eigenvalue weighted by Gasteiger charge is 2.28. The molecule has 4 N–H and O–H groups in total. The van der Waals surface area contributed by atoms with Crippen LogP contribution in [0.15, 0.2) is 72.8 Å². The van der Waals surface area contributed by atoms with Crippen LogP contribution in [-0.4, -0.2) is 71.9 Å². The molecule has 0 saturated heterocycles. The van der Waals surface area contributed by atoms with Gasteiger partial charge in [0.25, 0.3) is 11.8 Å². The summed E-state index contributed by atoms with van der Waals surface area (Å²) in [5.41, 5.74) is 2.55. The van der Waals surface area contributed by atoms with Gasteiger partial charge in [-0.15, -0.1) is 0 Å². The number of amides is 2. The van der Waals surface area contributed by atoms with Gasteiger partial charge in [0.05, 0.1) is 25.6 Å². The van der Waals surface area contributed by atoms with Gasteiger partial charge in [-0.1, -0.05) is 36.4 Å². The first-order chi connectivity index (χ1) is 25.1. The van der Waals surface area contributed by atoms with Gasteiger partial charge in [-0.3, -0.25) is 19.2 Å². The Hall–Kier alpha value is -5.46. The number of nitrogens with one attached hydrogen (secondary N) is 2. The largest absolute Gasteiger partial charge is 0.496 e. The zero-order valence-corrected chi connectivity index (χ0v) is 29.7. The van der Waals surface area contributed by atoms with Crippen molar-refractivity contribution in [3.05, 3.63) is 118 Å². The maximum Gasteiger partial charge on any atom is 0.269 e. The number of carbonyl (C=O) groups excluding carboxylic acids is 4. The van der Waals surface area contributed by atoms with E-state index in [4.69, 9.17) is 9.47 Å². The lowest BCUT2D eigenvalue weighted by atomic mass is 10.00. The number of hydrogen-bond acceptors (Lipinski definition) is 10. The summed E-state index contributed by atoms with van der Waals surface area (Å²) >= 11 is 0. The Morgan fingerprint density at radius 1 is 0.654 bits per heavy atom. The number of carbonyl (C=O) groups is 4. The average Bonchev–Trinajstić information content (AvgIpc) is 4.14. The molecular weight excluding hydrogens is 664 g/mol. The molecule has 52 heavy (non-hydrogen) atoms. The lowest BCUT2D eigenvalue weighted by molar-refractivity contribution is 0.0945. The topological polar surface area (TPSA) is 177 Å². The summed E-state index contributed by atoms with van der Waals surface area (Å²) in [5, 5.41) is 26.6. The molecule has 0 unspecified atom stereocenters. The van der Waals surface area contributed by atoms with Crippen LogP contribution in [0, 0.1) is 11.8 Å². The molecule has 2 aliphatic carbocycles. The Morgan fingerprint density at radius 3 is 1.35 bits per heavy atom. The van der Waals surface area contributed by atoms with E-state index < -0.39 is 24.0 Å². The minimum atomic E-state index is -1.11. The van der Waals surface area contributed by atoms with E-state index in [0.29, 0.717) is 58.4 Å². The quantitative estimate of drug-likeness (QED) is 0.130. The normalized spacial score (nSPS) is 14.6. The molecule has 0 bridgehead atoms. The number of hydrogen-bond donors (Lipinski definition) is 4.